The standard InChI is InChI=1S/C21H31N3O2/c22-13-15-2-1-3-19(9-15)23-20(26)24(4-5-25)14-21-10-16-6-17(11-21)8-18(7-16)12-21/h1-3,9,16-18,25H,4-8,10-14,22H2,(H,23,26). The minimum Gasteiger partial charge on any atom is -0.395 e. The zero-order valence-electron chi connectivity index (χ0n) is 15.5. The van der Waals surface area contributed by atoms with E-state index in [0.29, 0.717) is 13.1 Å². The van der Waals surface area contributed by atoms with E-state index in [1.165, 1.54) is 38.5 Å². The van der Waals surface area contributed by atoms with E-state index in [1.54, 1.807) is 0 Å². The van der Waals surface area contributed by atoms with Crippen LogP contribution in [0.3, 0.4) is 0 Å². The average molecular weight is 357 g/mol. The lowest BCUT2D eigenvalue weighted by Crippen LogP contribution is -2.53. The van der Waals surface area contributed by atoms with Crippen LogP contribution >= 0.6 is 0 Å². The van der Waals surface area contributed by atoms with Crippen LogP contribution in [-0.4, -0.2) is 35.7 Å². The van der Waals surface area contributed by atoms with Gasteiger partial charge >= 0.3 is 6.03 Å². The molecule has 0 aliphatic heterocycles. The Labute approximate surface area is 155 Å². The molecule has 0 radical (unpaired) electrons. The molecule has 0 saturated heterocycles. The number of anilines is 1. The lowest BCUT2D eigenvalue weighted by molar-refractivity contribution is -0.0641. The highest BCUT2D eigenvalue weighted by Gasteiger charge is 2.51. The summed E-state index contributed by atoms with van der Waals surface area (Å²) in [6.07, 6.45) is 7.98. The van der Waals surface area contributed by atoms with Gasteiger partial charge < -0.3 is 21.1 Å². The van der Waals surface area contributed by atoms with Crippen LogP contribution in [0.5, 0.6) is 0 Å². The number of rotatable bonds is 6. The Bertz CT molecular complexity index is 625. The quantitative estimate of drug-likeness (QED) is 0.731. The van der Waals surface area contributed by atoms with Crippen LogP contribution in [0.4, 0.5) is 10.5 Å². The number of hydrogen-bond donors (Lipinski definition) is 3. The van der Waals surface area contributed by atoms with Crippen LogP contribution in [0.25, 0.3) is 0 Å². The van der Waals surface area contributed by atoms with Crippen molar-refractivity contribution in [1.29, 1.82) is 0 Å². The van der Waals surface area contributed by atoms with Gasteiger partial charge in [-0.3, -0.25) is 0 Å². The van der Waals surface area contributed by atoms with Crippen LogP contribution in [0.2, 0.25) is 0 Å². The van der Waals surface area contributed by atoms with Crippen molar-refractivity contribution in [3.63, 3.8) is 0 Å². The Balaban J connectivity index is 1.46. The second-order valence-electron chi connectivity index (χ2n) is 8.90. The molecule has 5 nitrogen and oxygen atoms in total. The smallest absolute Gasteiger partial charge is 0.321 e. The molecule has 4 N–H and O–H groups in total. The fraction of sp³-hybridized carbons (Fsp3) is 0.667. The van der Waals surface area contributed by atoms with E-state index in [2.05, 4.69) is 5.32 Å². The summed E-state index contributed by atoms with van der Waals surface area (Å²) in [5.74, 6) is 2.59. The molecule has 5 rings (SSSR count). The molecule has 4 bridgehead atoms. The first-order valence-corrected chi connectivity index (χ1v) is 10.0. The van der Waals surface area contributed by atoms with Crippen molar-refractivity contribution >= 4 is 11.7 Å². The Morgan fingerprint density at radius 1 is 1.19 bits per heavy atom. The predicted octanol–water partition coefficient (Wildman–Crippen LogP) is 3.19. The summed E-state index contributed by atoms with van der Waals surface area (Å²) >= 11 is 0. The van der Waals surface area contributed by atoms with E-state index in [0.717, 1.165) is 35.5 Å². The third-order valence-corrected chi connectivity index (χ3v) is 6.76. The van der Waals surface area contributed by atoms with Gasteiger partial charge in [0.05, 0.1) is 6.61 Å². The molecule has 4 saturated carbocycles. The van der Waals surface area contributed by atoms with Gasteiger partial charge in [-0.15, -0.1) is 0 Å². The lowest BCUT2D eigenvalue weighted by atomic mass is 9.49. The number of amides is 2. The van der Waals surface area contributed by atoms with E-state index in [-0.39, 0.29) is 18.1 Å². The van der Waals surface area contributed by atoms with Gasteiger partial charge in [0.2, 0.25) is 0 Å². The van der Waals surface area contributed by atoms with Crippen LogP contribution in [0, 0.1) is 23.2 Å². The van der Waals surface area contributed by atoms with Crippen LogP contribution in [0.1, 0.15) is 44.1 Å². The number of aliphatic hydroxyl groups is 1. The summed E-state index contributed by atoms with van der Waals surface area (Å²) in [5, 5.41) is 12.5. The molecule has 1 aromatic rings. The Kier molecular flexibility index (Phi) is 4.93. The first kappa shape index (κ1) is 17.8. The molecule has 142 valence electrons. The summed E-state index contributed by atoms with van der Waals surface area (Å²) in [7, 11) is 0. The molecule has 0 atom stereocenters. The second-order valence-corrected chi connectivity index (χ2v) is 8.90. The number of nitrogens with two attached hydrogens (primary N) is 1. The van der Waals surface area contributed by atoms with Crippen molar-refractivity contribution < 1.29 is 9.90 Å². The minimum absolute atomic E-state index is 0.00260. The van der Waals surface area contributed by atoms with Crippen molar-refractivity contribution in [1.82, 2.24) is 4.90 Å². The summed E-state index contributed by atoms with van der Waals surface area (Å²) < 4.78 is 0. The number of nitrogens with zero attached hydrogens (tertiary/aromatic N) is 1. The van der Waals surface area contributed by atoms with Crippen LogP contribution in [-0.2, 0) is 6.54 Å². The van der Waals surface area contributed by atoms with E-state index in [9.17, 15) is 9.90 Å². The van der Waals surface area contributed by atoms with Crippen molar-refractivity contribution in [3.8, 4) is 0 Å². The third-order valence-electron chi connectivity index (χ3n) is 6.76. The molecule has 0 spiro atoms. The van der Waals surface area contributed by atoms with E-state index < -0.39 is 0 Å². The van der Waals surface area contributed by atoms with Gasteiger partial charge in [0.25, 0.3) is 0 Å². The highest BCUT2D eigenvalue weighted by Crippen LogP contribution is 2.60. The number of hydrogen-bond acceptors (Lipinski definition) is 3. The number of urea groups is 1. The SMILES string of the molecule is NCc1cccc(NC(=O)N(CCO)CC23CC4CC(CC(C4)C2)C3)c1. The number of aliphatic hydroxyl groups excluding tert-OH is 1. The largest absolute Gasteiger partial charge is 0.395 e. The van der Waals surface area contributed by atoms with Crippen LogP contribution < -0.4 is 11.1 Å². The number of carbonyl (C=O) groups excluding carboxylic acids is 1. The molecule has 0 unspecified atom stereocenters. The topological polar surface area (TPSA) is 78.6 Å². The second kappa shape index (κ2) is 7.20. The number of benzene rings is 1. The fourth-order valence-corrected chi connectivity index (χ4v) is 6.24. The maximum Gasteiger partial charge on any atom is 0.321 e. The Hall–Kier alpha value is -1.59. The maximum atomic E-state index is 12.9. The predicted molar refractivity (Wildman–Crippen MR) is 103 cm³/mol. The van der Waals surface area contributed by atoms with Crippen molar-refractivity contribution in [2.45, 2.75) is 45.1 Å². The van der Waals surface area contributed by atoms with E-state index >= 15 is 0 Å². The first-order valence-electron chi connectivity index (χ1n) is 10.0. The third kappa shape index (κ3) is 3.60. The molecule has 2 amide bonds. The van der Waals surface area contributed by atoms with Gasteiger partial charge in [-0.05, 0) is 79.4 Å². The molecule has 0 heterocycles. The maximum absolute atomic E-state index is 12.9. The molecular formula is C21H31N3O2. The number of nitrogens with one attached hydrogen (secondary N) is 1. The van der Waals surface area contributed by atoms with Crippen LogP contribution in [0.15, 0.2) is 24.3 Å². The first-order chi connectivity index (χ1) is 12.6. The molecule has 4 aliphatic carbocycles. The summed E-state index contributed by atoms with van der Waals surface area (Å²) in [6.45, 7) is 1.63. The lowest BCUT2D eigenvalue weighted by Gasteiger charge is -2.57. The zero-order valence-corrected chi connectivity index (χ0v) is 15.5. The molecular weight excluding hydrogens is 326 g/mol. The molecule has 1 aromatic carbocycles. The fourth-order valence-electron chi connectivity index (χ4n) is 6.24. The van der Waals surface area contributed by atoms with E-state index in [4.69, 9.17) is 5.73 Å². The van der Waals surface area contributed by atoms with Crippen molar-refractivity contribution in [3.05, 3.63) is 29.8 Å². The van der Waals surface area contributed by atoms with Gasteiger partial charge in [0, 0.05) is 25.3 Å². The summed E-state index contributed by atoms with van der Waals surface area (Å²) in [4.78, 5) is 14.7. The summed E-state index contributed by atoms with van der Waals surface area (Å²) in [6, 6.07) is 7.56. The van der Waals surface area contributed by atoms with Gasteiger partial charge in [-0.2, -0.15) is 0 Å². The van der Waals surface area contributed by atoms with Crippen molar-refractivity contribution in [2.24, 2.45) is 28.9 Å². The monoisotopic (exact) mass is 357 g/mol. The molecule has 0 aromatic heterocycles. The van der Waals surface area contributed by atoms with Gasteiger partial charge in [0.15, 0.2) is 0 Å². The Morgan fingerprint density at radius 3 is 2.42 bits per heavy atom. The molecule has 4 aliphatic rings. The summed E-state index contributed by atoms with van der Waals surface area (Å²) in [5.41, 5.74) is 7.74. The molecule has 4 fully saturated rings. The highest BCUT2D eigenvalue weighted by molar-refractivity contribution is 5.89. The normalized spacial score (nSPS) is 31.8. The molecule has 5 heteroatoms. The van der Waals surface area contributed by atoms with Gasteiger partial charge in [-0.1, -0.05) is 12.1 Å². The Morgan fingerprint density at radius 2 is 1.85 bits per heavy atom. The number of carbonyl (C=O) groups is 1. The minimum atomic E-state index is -0.107. The zero-order chi connectivity index (χ0) is 18.1. The van der Waals surface area contributed by atoms with Crippen molar-refractivity contribution in [2.75, 3.05) is 25.0 Å². The van der Waals surface area contributed by atoms with Gasteiger partial charge in [0.1, 0.15) is 0 Å². The molecule has 26 heavy (non-hydrogen) atoms. The average Bonchev–Trinajstić information content (AvgIpc) is 2.60. The van der Waals surface area contributed by atoms with E-state index in [1.807, 2.05) is 29.2 Å². The highest BCUT2D eigenvalue weighted by atomic mass is 16.3. The van der Waals surface area contributed by atoms with Gasteiger partial charge in [-0.25, -0.2) is 4.79 Å².